The number of hydrogen-bond acceptors (Lipinski definition) is 6. The quantitative estimate of drug-likeness (QED) is 0.246. The van der Waals surface area contributed by atoms with Crippen molar-refractivity contribution in [3.05, 3.63) is 11.7 Å². The van der Waals surface area contributed by atoms with Crippen molar-refractivity contribution in [1.29, 1.82) is 5.26 Å². The summed E-state index contributed by atoms with van der Waals surface area (Å²) in [6, 6.07) is 1.39. The smallest absolute Gasteiger partial charge is 0.228 e. The Kier molecular flexibility index (Phi) is 40.4. The van der Waals surface area contributed by atoms with Crippen LogP contribution in [0, 0.1) is 69.2 Å². The molecule has 0 spiro atoms. The summed E-state index contributed by atoms with van der Waals surface area (Å²) in [6.45, 7) is 6.22. The Morgan fingerprint density at radius 1 is 1.57 bits per heavy atom. The summed E-state index contributed by atoms with van der Waals surface area (Å²) in [5.74, 6) is 1.37. The maximum atomic E-state index is 9.45. The first-order chi connectivity index (χ1) is 8.80. The first kappa shape index (κ1) is 33.2. The van der Waals surface area contributed by atoms with Crippen molar-refractivity contribution in [2.24, 2.45) is 0 Å². The minimum atomic E-state index is -0.440. The molecule has 1 rings (SSSR count). The number of rotatable bonds is 0. The largest absolute Gasteiger partial charge is 0.444 e. The third-order valence-electron chi connectivity index (χ3n) is 1.10. The van der Waals surface area contributed by atoms with E-state index in [-0.39, 0.29) is 49.5 Å². The maximum Gasteiger partial charge on any atom is 0.228 e. The van der Waals surface area contributed by atoms with E-state index >= 15 is 0 Å². The first-order valence-corrected chi connectivity index (χ1v) is 12.6. The molecule has 1 aromatic rings. The van der Waals surface area contributed by atoms with Crippen LogP contribution < -0.4 is 5.73 Å². The number of hydrogen-bond donors (Lipinski definition) is 1. The molecule has 119 valence electrons. The van der Waals surface area contributed by atoms with Crippen LogP contribution in [0.3, 0.4) is 0 Å². The molecule has 10 heteroatoms. The molecule has 21 heavy (non-hydrogen) atoms. The molecular formula is C11H19AcI2N3O4. The molecule has 0 bridgehead atoms. The van der Waals surface area contributed by atoms with Crippen LogP contribution in [0.25, 0.3) is 0 Å². The van der Waals surface area contributed by atoms with Crippen molar-refractivity contribution < 1.29 is 63.5 Å². The number of nitrogens with two attached hydrogens (primary N) is 1. The van der Waals surface area contributed by atoms with Crippen LogP contribution in [0.1, 0.15) is 25.5 Å². The molecule has 0 amide bonds. The third kappa shape index (κ3) is 33.4. The molecule has 0 saturated carbocycles. The van der Waals surface area contributed by atoms with Crippen LogP contribution in [-0.4, -0.2) is 27.0 Å². The van der Waals surface area contributed by atoms with Crippen LogP contribution in [0.5, 0.6) is 0 Å². The number of aldehydes is 1. The molecule has 0 fully saturated rings. The van der Waals surface area contributed by atoms with E-state index in [0.717, 1.165) is 6.29 Å². The van der Waals surface area contributed by atoms with Crippen LogP contribution in [0.15, 0.2) is 4.42 Å². The number of aryl methyl sites for hydroxylation is 2. The molecule has 1 radical (unpaired) electrons. The fraction of sp³-hybridized carbons (Fsp3) is 0.364. The van der Waals surface area contributed by atoms with Crippen molar-refractivity contribution in [1.82, 2.24) is 4.98 Å². The summed E-state index contributed by atoms with van der Waals surface area (Å²) < 4.78 is 8.56. The van der Waals surface area contributed by atoms with Gasteiger partial charge in [-0.1, -0.05) is 21.3 Å². The molecule has 0 atom stereocenters. The van der Waals surface area contributed by atoms with Gasteiger partial charge in [0.25, 0.3) is 0 Å². The van der Waals surface area contributed by atoms with E-state index in [0.29, 0.717) is 34.2 Å². The Morgan fingerprint density at radius 2 is 1.86 bits per heavy atom. The van der Waals surface area contributed by atoms with Gasteiger partial charge >= 0.3 is 0 Å². The molecule has 0 aromatic carbocycles. The van der Waals surface area contributed by atoms with Crippen molar-refractivity contribution in [2.45, 2.75) is 27.7 Å². The van der Waals surface area contributed by atoms with Crippen molar-refractivity contribution >= 4 is 57.8 Å². The van der Waals surface area contributed by atoms with Crippen LogP contribution in [0.4, 0.5) is 5.82 Å². The summed E-state index contributed by atoms with van der Waals surface area (Å²) >= 11 is 2.60. The second kappa shape index (κ2) is 25.5. The van der Waals surface area contributed by atoms with Crippen molar-refractivity contribution in [3.8, 4) is 6.07 Å². The average Bonchev–Trinajstić information content (AvgIpc) is 2.59. The predicted octanol–water partition coefficient (Wildman–Crippen LogP) is 2.09. The van der Waals surface area contributed by atoms with Crippen molar-refractivity contribution in [3.63, 3.8) is 0 Å². The van der Waals surface area contributed by atoms with Gasteiger partial charge in [0, 0.05) is 57.9 Å². The van der Waals surface area contributed by atoms with Crippen LogP contribution in [0.2, 0.25) is 0 Å². The standard InChI is InChI=1S/C5H8N2O.C3H3NO.C2H4O.CH2I2.Ac.H2O/c1-3-5(6)7-4(2)8-3;1-3(5)2-4;1-2-3;1-3-2;;/h6H2,1-2H3;1H3;2H,1H3;1H2;;1H2. The van der Waals surface area contributed by atoms with E-state index in [9.17, 15) is 4.79 Å². The number of carbonyl (C=O) groups is 2. The molecular weight excluding hydrogens is 719 g/mol. The number of anilines is 1. The Morgan fingerprint density at radius 3 is 1.90 bits per heavy atom. The van der Waals surface area contributed by atoms with Crippen LogP contribution in [-0.2, 0) is 9.59 Å². The number of halogens is 2. The SMILES string of the molecule is C=II.CC(=O)C#N.CC=O.Cc1nc(N)c(C)o1.O.[Ac]. The van der Waals surface area contributed by atoms with Gasteiger partial charge in [0.15, 0.2) is 11.7 Å². The Labute approximate surface area is 180 Å². The number of nitrogens with zero attached hydrogens (tertiary/aromatic N) is 2. The summed E-state index contributed by atoms with van der Waals surface area (Å²) in [5, 5.41) is 7.54. The van der Waals surface area contributed by atoms with Gasteiger partial charge in [0.2, 0.25) is 5.78 Å². The molecule has 0 aliphatic heterocycles. The van der Waals surface area contributed by atoms with E-state index in [1.807, 2.05) is 0 Å². The van der Waals surface area contributed by atoms with Gasteiger partial charge in [0.05, 0.1) is 0 Å². The zero-order valence-electron chi connectivity index (χ0n) is 12.3. The molecule has 1 aromatic heterocycles. The monoisotopic (exact) mass is 738 g/mol. The summed E-state index contributed by atoms with van der Waals surface area (Å²) in [4.78, 5) is 22.1. The Bertz CT molecular complexity index is 408. The zero-order chi connectivity index (χ0) is 15.8. The Balaban J connectivity index is -0.0000000580. The second-order valence-electron chi connectivity index (χ2n) is 2.68. The molecule has 0 aliphatic rings. The predicted molar refractivity (Wildman–Crippen MR) is 97.2 cm³/mol. The fourth-order valence-corrected chi connectivity index (χ4v) is 0.545. The van der Waals surface area contributed by atoms with E-state index in [1.54, 1.807) is 13.8 Å². The van der Waals surface area contributed by atoms with Gasteiger partial charge in [-0.15, -0.1) is 0 Å². The van der Waals surface area contributed by atoms with E-state index < -0.39 is 5.78 Å². The van der Waals surface area contributed by atoms with Gasteiger partial charge in [-0.05, 0) is 32.5 Å². The molecule has 0 aliphatic carbocycles. The third-order valence-corrected chi connectivity index (χ3v) is 1.10. The van der Waals surface area contributed by atoms with E-state index in [4.69, 9.17) is 20.2 Å². The first-order valence-electron chi connectivity index (χ1n) is 4.80. The average molecular weight is 738 g/mol. The summed E-state index contributed by atoms with van der Waals surface area (Å²) in [7, 11) is 0. The molecule has 7 nitrogen and oxygen atoms in total. The maximum absolute atomic E-state index is 9.45. The normalized spacial score (nSPS) is 6.48. The second-order valence-corrected chi connectivity index (χ2v) is 7.12. The summed E-state index contributed by atoms with van der Waals surface area (Å²) in [6.07, 6.45) is 0.750. The minimum absolute atomic E-state index is 0. The number of Topliss-reactive ketones (excluding diaryl/α,β-unsaturated/α-hetero) is 1. The fourth-order valence-electron chi connectivity index (χ4n) is 0.545. The zero-order valence-corrected chi connectivity index (χ0v) is 21.4. The number of aromatic nitrogens is 1. The summed E-state index contributed by atoms with van der Waals surface area (Å²) in [5.41, 5.74) is 5.34. The molecule has 0 saturated heterocycles. The molecule has 4 N–H and O–H groups in total. The van der Waals surface area contributed by atoms with Crippen molar-refractivity contribution in [2.75, 3.05) is 5.73 Å². The number of ketones is 1. The Hall–Kier alpha value is 0.572. The van der Waals surface area contributed by atoms with E-state index in [2.05, 4.69) is 28.1 Å². The number of carbonyl (C=O) groups excluding carboxylic acids is 2. The van der Waals surface area contributed by atoms with Gasteiger partial charge in [0.1, 0.15) is 18.1 Å². The number of oxazole rings is 1. The number of nitriles is 1. The van der Waals surface area contributed by atoms with Gasteiger partial charge in [-0.2, -0.15) is 10.2 Å². The van der Waals surface area contributed by atoms with Gasteiger partial charge in [-0.25, -0.2) is 0 Å². The van der Waals surface area contributed by atoms with E-state index in [1.165, 1.54) is 19.9 Å². The van der Waals surface area contributed by atoms with Gasteiger partial charge in [-0.3, -0.25) is 4.79 Å². The topological polar surface area (TPSA) is 141 Å². The van der Waals surface area contributed by atoms with Crippen LogP contribution >= 0.6 is 35.4 Å². The molecule has 0 unspecified atom stereocenters. The number of nitrogen functional groups attached to an aromatic ring is 1. The van der Waals surface area contributed by atoms with Gasteiger partial charge < -0.3 is 20.4 Å². The molecule has 1 heterocycles. The minimum Gasteiger partial charge on any atom is -0.444 e.